The van der Waals surface area contributed by atoms with E-state index in [0.717, 1.165) is 6.42 Å². The molecule has 2 heterocycles. The Morgan fingerprint density at radius 3 is 1.69 bits per heavy atom. The van der Waals surface area contributed by atoms with Crippen LogP contribution in [0.1, 0.15) is 25.7 Å². The van der Waals surface area contributed by atoms with Crippen molar-refractivity contribution in [2.45, 2.75) is 29.8 Å². The molecule has 2 aliphatic rings. The number of sulfone groups is 2. The van der Waals surface area contributed by atoms with Crippen molar-refractivity contribution in [1.82, 2.24) is 0 Å². The third kappa shape index (κ3) is 1.01. The molecule has 2 aliphatic heterocycles. The van der Waals surface area contributed by atoms with E-state index in [4.69, 9.17) is 0 Å². The monoisotopic (exact) mass is 224 g/mol. The van der Waals surface area contributed by atoms with Crippen molar-refractivity contribution in [3.63, 3.8) is 0 Å². The van der Waals surface area contributed by atoms with Gasteiger partial charge in [-0.2, -0.15) is 0 Å². The number of hydrogen-bond acceptors (Lipinski definition) is 4. The summed E-state index contributed by atoms with van der Waals surface area (Å²) in [5.41, 5.74) is 0. The van der Waals surface area contributed by atoms with Crippen LogP contribution in [0.15, 0.2) is 0 Å². The van der Waals surface area contributed by atoms with Crippen LogP contribution in [0.5, 0.6) is 0 Å². The van der Waals surface area contributed by atoms with E-state index in [9.17, 15) is 16.8 Å². The molecule has 2 saturated heterocycles. The Morgan fingerprint density at radius 2 is 1.38 bits per heavy atom. The van der Waals surface area contributed by atoms with E-state index in [-0.39, 0.29) is 11.5 Å². The first-order valence-corrected chi connectivity index (χ1v) is 7.66. The summed E-state index contributed by atoms with van der Waals surface area (Å²) in [6.07, 6.45) is 1.97. The van der Waals surface area contributed by atoms with Gasteiger partial charge in [-0.15, -0.1) is 0 Å². The summed E-state index contributed by atoms with van der Waals surface area (Å²) in [7, 11) is -6.72. The van der Waals surface area contributed by atoms with Crippen molar-refractivity contribution in [3.8, 4) is 0 Å². The Hall–Kier alpha value is -0.100. The highest BCUT2D eigenvalue weighted by Crippen LogP contribution is 2.46. The molecule has 0 amide bonds. The average molecular weight is 224 g/mol. The molecule has 2 fully saturated rings. The van der Waals surface area contributed by atoms with E-state index in [1.54, 1.807) is 0 Å². The Morgan fingerprint density at radius 1 is 0.769 bits per heavy atom. The summed E-state index contributed by atoms with van der Waals surface area (Å²) in [4.78, 5) is 0. The summed E-state index contributed by atoms with van der Waals surface area (Å²) in [6, 6.07) is 0. The lowest BCUT2D eigenvalue weighted by Gasteiger charge is -2.42. The van der Waals surface area contributed by atoms with Crippen LogP contribution in [0.2, 0.25) is 0 Å². The topological polar surface area (TPSA) is 68.3 Å². The van der Waals surface area contributed by atoms with Gasteiger partial charge in [0.25, 0.3) is 0 Å². The summed E-state index contributed by atoms with van der Waals surface area (Å²) in [6.45, 7) is 0. The van der Waals surface area contributed by atoms with E-state index < -0.39 is 23.8 Å². The van der Waals surface area contributed by atoms with Gasteiger partial charge in [0.15, 0.2) is 23.8 Å². The van der Waals surface area contributed by atoms with Gasteiger partial charge in [-0.05, 0) is 25.7 Å². The first kappa shape index (κ1) is 9.45. The molecule has 6 heteroatoms. The molecule has 2 rings (SSSR count). The van der Waals surface area contributed by atoms with Gasteiger partial charge in [0.05, 0.1) is 11.5 Å². The molecular weight excluding hydrogens is 212 g/mol. The van der Waals surface area contributed by atoms with E-state index in [2.05, 4.69) is 0 Å². The van der Waals surface area contributed by atoms with Crippen LogP contribution in [0.3, 0.4) is 0 Å². The molecule has 1 unspecified atom stereocenters. The van der Waals surface area contributed by atoms with Gasteiger partial charge < -0.3 is 0 Å². The lowest BCUT2D eigenvalue weighted by atomic mass is 10.1. The van der Waals surface area contributed by atoms with Crippen molar-refractivity contribution >= 4 is 19.7 Å². The van der Waals surface area contributed by atoms with Crippen LogP contribution in [0, 0.1) is 0 Å². The standard InChI is InChI=1S/C7H12O4S2/c8-12(9)5-2-1-3-7(12)4-6-13(7,10)11/h1-6H2. The Balaban J connectivity index is 2.53. The molecule has 0 N–H and O–H groups in total. The molecule has 0 aromatic rings. The van der Waals surface area contributed by atoms with E-state index in [1.165, 1.54) is 0 Å². The van der Waals surface area contributed by atoms with Crippen LogP contribution in [0.25, 0.3) is 0 Å². The van der Waals surface area contributed by atoms with E-state index in [1.807, 2.05) is 0 Å². The average Bonchev–Trinajstić information content (AvgIpc) is 2.01. The summed E-state index contributed by atoms with van der Waals surface area (Å²) >= 11 is 0. The predicted octanol–water partition coefficient (Wildman–Crippen LogP) is 0.0999. The van der Waals surface area contributed by atoms with Crippen molar-refractivity contribution in [2.75, 3.05) is 11.5 Å². The molecule has 0 saturated carbocycles. The van der Waals surface area contributed by atoms with Crippen molar-refractivity contribution in [2.24, 2.45) is 0 Å². The van der Waals surface area contributed by atoms with Gasteiger partial charge in [-0.3, -0.25) is 0 Å². The minimum absolute atomic E-state index is 0.0478. The highest BCUT2D eigenvalue weighted by Gasteiger charge is 2.61. The van der Waals surface area contributed by atoms with Crippen LogP contribution < -0.4 is 0 Å². The maximum absolute atomic E-state index is 11.6. The second-order valence-electron chi connectivity index (χ2n) is 3.76. The molecule has 0 aromatic heterocycles. The lowest BCUT2D eigenvalue weighted by molar-refractivity contribution is 0.459. The van der Waals surface area contributed by atoms with Gasteiger partial charge >= 0.3 is 0 Å². The summed E-state index contributed by atoms with van der Waals surface area (Å²) < 4.78 is 44.7. The smallest absolute Gasteiger partial charge is 0.174 e. The Bertz CT molecular complexity index is 419. The maximum Gasteiger partial charge on any atom is 0.174 e. The zero-order valence-electron chi connectivity index (χ0n) is 7.19. The van der Waals surface area contributed by atoms with Crippen molar-refractivity contribution in [1.29, 1.82) is 0 Å². The number of rotatable bonds is 0. The maximum atomic E-state index is 11.6. The van der Waals surface area contributed by atoms with Crippen molar-refractivity contribution in [3.05, 3.63) is 0 Å². The molecule has 0 aliphatic carbocycles. The number of hydrogen-bond donors (Lipinski definition) is 0. The third-order valence-electron chi connectivity index (χ3n) is 3.11. The molecule has 1 atom stereocenters. The van der Waals surface area contributed by atoms with Crippen molar-refractivity contribution < 1.29 is 16.8 Å². The lowest BCUT2D eigenvalue weighted by Crippen LogP contribution is -2.58. The molecule has 4 nitrogen and oxygen atoms in total. The minimum atomic E-state index is -3.38. The molecular formula is C7H12O4S2. The van der Waals surface area contributed by atoms with Crippen LogP contribution in [0.4, 0.5) is 0 Å². The Kier molecular flexibility index (Phi) is 1.80. The fourth-order valence-electron chi connectivity index (χ4n) is 2.15. The normalized spacial score (nSPS) is 41.2. The zero-order chi connectivity index (χ0) is 9.74. The van der Waals surface area contributed by atoms with Gasteiger partial charge in [-0.1, -0.05) is 0 Å². The third-order valence-corrected chi connectivity index (χ3v) is 9.28. The summed E-state index contributed by atoms with van der Waals surface area (Å²) in [5, 5.41) is 0. The second-order valence-corrected chi connectivity index (χ2v) is 8.85. The predicted molar refractivity (Wildman–Crippen MR) is 48.8 cm³/mol. The van der Waals surface area contributed by atoms with E-state index in [0.29, 0.717) is 19.3 Å². The molecule has 0 bridgehead atoms. The first-order valence-electron chi connectivity index (χ1n) is 4.36. The minimum Gasteiger partial charge on any atom is -0.227 e. The highest BCUT2D eigenvalue weighted by molar-refractivity contribution is 8.11. The van der Waals surface area contributed by atoms with Crippen LogP contribution in [-0.2, 0) is 19.7 Å². The molecule has 1 spiro atoms. The fraction of sp³-hybridized carbons (Fsp3) is 1.00. The quantitative estimate of drug-likeness (QED) is 0.585. The first-order chi connectivity index (χ1) is 5.91. The molecule has 76 valence electrons. The second kappa shape index (κ2) is 2.48. The van der Waals surface area contributed by atoms with Crippen LogP contribution in [-0.4, -0.2) is 32.4 Å². The largest absolute Gasteiger partial charge is 0.227 e. The molecule has 0 radical (unpaired) electrons. The zero-order valence-corrected chi connectivity index (χ0v) is 8.83. The molecule has 0 aromatic carbocycles. The van der Waals surface area contributed by atoms with Gasteiger partial charge in [-0.25, -0.2) is 16.8 Å². The van der Waals surface area contributed by atoms with Crippen LogP contribution >= 0.6 is 0 Å². The molecule has 13 heavy (non-hydrogen) atoms. The highest BCUT2D eigenvalue weighted by atomic mass is 32.3. The summed E-state index contributed by atoms with van der Waals surface area (Å²) in [5.74, 6) is 0.0957. The van der Waals surface area contributed by atoms with Gasteiger partial charge in [0.2, 0.25) is 0 Å². The van der Waals surface area contributed by atoms with Gasteiger partial charge in [0, 0.05) is 0 Å². The fourth-order valence-corrected chi connectivity index (χ4v) is 7.62. The Labute approximate surface area is 78.2 Å². The van der Waals surface area contributed by atoms with E-state index >= 15 is 0 Å². The van der Waals surface area contributed by atoms with Gasteiger partial charge in [0.1, 0.15) is 0 Å². The SMILES string of the molecule is O=S1(=O)CCCCC12CCS2(=O)=O.